The zero-order chi connectivity index (χ0) is 22.7. The highest BCUT2D eigenvalue weighted by molar-refractivity contribution is 6.31. The first-order valence-corrected chi connectivity index (χ1v) is 10.4. The summed E-state index contributed by atoms with van der Waals surface area (Å²) in [7, 11) is 0. The molecule has 0 radical (unpaired) electrons. The zero-order valence-electron chi connectivity index (χ0n) is 17.2. The lowest BCUT2D eigenvalue weighted by Gasteiger charge is -2.15. The molecule has 0 aliphatic carbocycles. The Morgan fingerprint density at radius 1 is 0.969 bits per heavy atom. The summed E-state index contributed by atoms with van der Waals surface area (Å²) >= 11 is 6.12. The van der Waals surface area contributed by atoms with Gasteiger partial charge >= 0.3 is 5.69 Å². The van der Waals surface area contributed by atoms with Gasteiger partial charge in [-0.2, -0.15) is 0 Å². The van der Waals surface area contributed by atoms with Crippen LogP contribution in [0.1, 0.15) is 6.92 Å². The Hall–Kier alpha value is -3.84. The second-order valence-electron chi connectivity index (χ2n) is 7.04. The molecule has 0 atom stereocenters. The molecule has 0 aliphatic rings. The summed E-state index contributed by atoms with van der Waals surface area (Å²) in [4.78, 5) is 38.4. The number of aromatic nitrogens is 2. The smallest absolute Gasteiger partial charge is 0.331 e. The minimum atomic E-state index is -0.543. The van der Waals surface area contributed by atoms with E-state index in [1.807, 2.05) is 18.2 Å². The lowest BCUT2D eigenvalue weighted by molar-refractivity contribution is -0.116. The van der Waals surface area contributed by atoms with Crippen molar-refractivity contribution in [3.63, 3.8) is 0 Å². The van der Waals surface area contributed by atoms with Crippen molar-refractivity contribution in [2.75, 3.05) is 5.32 Å². The Balaban J connectivity index is 1.67. The molecule has 1 N–H and O–H groups in total. The van der Waals surface area contributed by atoms with Crippen LogP contribution < -0.4 is 21.3 Å². The number of nitrogens with one attached hydrogen (secondary N) is 1. The molecule has 162 valence electrons. The molecule has 1 heterocycles. The summed E-state index contributed by atoms with van der Waals surface area (Å²) in [5, 5.41) is 3.56. The van der Waals surface area contributed by atoms with E-state index in [4.69, 9.17) is 16.3 Å². The topological polar surface area (TPSA) is 82.3 Å². The second kappa shape index (κ2) is 9.11. The maximum Gasteiger partial charge on any atom is 0.331 e. The third-order valence-electron chi connectivity index (χ3n) is 4.94. The van der Waals surface area contributed by atoms with Gasteiger partial charge in [-0.3, -0.25) is 18.7 Å². The van der Waals surface area contributed by atoms with Crippen LogP contribution in [-0.4, -0.2) is 15.0 Å². The highest BCUT2D eigenvalue weighted by atomic mass is 35.5. The van der Waals surface area contributed by atoms with Crippen molar-refractivity contribution in [1.29, 1.82) is 0 Å². The summed E-state index contributed by atoms with van der Waals surface area (Å²) in [6.07, 6.45) is 0. The maximum absolute atomic E-state index is 12.9. The second-order valence-corrected chi connectivity index (χ2v) is 7.48. The van der Waals surface area contributed by atoms with E-state index >= 15 is 0 Å². The van der Waals surface area contributed by atoms with E-state index in [1.54, 1.807) is 61.5 Å². The number of fused-ring (bicyclic) bond motifs is 1. The van der Waals surface area contributed by atoms with E-state index in [9.17, 15) is 14.4 Å². The van der Waals surface area contributed by atoms with E-state index in [2.05, 4.69) is 5.32 Å². The molecule has 1 aromatic heterocycles. The monoisotopic (exact) mass is 449 g/mol. The van der Waals surface area contributed by atoms with Gasteiger partial charge in [-0.05, 0) is 49.4 Å². The summed E-state index contributed by atoms with van der Waals surface area (Å²) in [5.41, 5.74) is -0.155. The van der Waals surface area contributed by atoms with Gasteiger partial charge in [-0.25, -0.2) is 4.79 Å². The first-order valence-electron chi connectivity index (χ1n) is 10.0. The predicted molar refractivity (Wildman–Crippen MR) is 125 cm³/mol. The van der Waals surface area contributed by atoms with Gasteiger partial charge in [-0.1, -0.05) is 41.9 Å². The molecule has 0 spiro atoms. The van der Waals surface area contributed by atoms with E-state index in [1.165, 1.54) is 4.57 Å². The molecule has 0 saturated heterocycles. The van der Waals surface area contributed by atoms with Gasteiger partial charge in [0, 0.05) is 11.6 Å². The molecular formula is C24H20ClN3O4. The predicted octanol–water partition coefficient (Wildman–Crippen LogP) is 4.27. The largest absolute Gasteiger partial charge is 0.455 e. The molecule has 4 rings (SSSR count). The number of carbonyl (C=O) groups excluding carboxylic acids is 1. The number of ether oxygens (including phenoxy) is 1. The van der Waals surface area contributed by atoms with E-state index in [0.29, 0.717) is 33.1 Å². The number of halogens is 1. The lowest BCUT2D eigenvalue weighted by atomic mass is 10.2. The normalized spacial score (nSPS) is 10.8. The van der Waals surface area contributed by atoms with Gasteiger partial charge in [0.05, 0.1) is 16.6 Å². The van der Waals surface area contributed by atoms with Crippen LogP contribution in [0.4, 0.5) is 5.69 Å². The number of rotatable bonds is 6. The zero-order valence-corrected chi connectivity index (χ0v) is 18.0. The number of hydrogen-bond acceptors (Lipinski definition) is 4. The Morgan fingerprint density at radius 3 is 2.44 bits per heavy atom. The van der Waals surface area contributed by atoms with Crippen molar-refractivity contribution in [2.45, 2.75) is 20.0 Å². The molecule has 3 aromatic carbocycles. The number of nitrogens with zero attached hydrogens (tertiary/aromatic N) is 2. The molecule has 32 heavy (non-hydrogen) atoms. The van der Waals surface area contributed by atoms with Crippen molar-refractivity contribution < 1.29 is 9.53 Å². The minimum Gasteiger partial charge on any atom is -0.455 e. The SMILES string of the molecule is CCn1c(=O)c2ccccc2n(CC(=O)Nc2cc(Cl)ccc2Oc2ccccc2)c1=O. The van der Waals surface area contributed by atoms with Gasteiger partial charge in [0.15, 0.2) is 5.75 Å². The minimum absolute atomic E-state index is 0.202. The molecule has 0 saturated carbocycles. The van der Waals surface area contributed by atoms with Gasteiger partial charge in [0.2, 0.25) is 5.91 Å². The van der Waals surface area contributed by atoms with E-state index < -0.39 is 11.6 Å². The molecular weight excluding hydrogens is 430 g/mol. The number of benzene rings is 3. The van der Waals surface area contributed by atoms with Gasteiger partial charge in [-0.15, -0.1) is 0 Å². The summed E-state index contributed by atoms with van der Waals surface area (Å²) in [6.45, 7) is 1.63. The van der Waals surface area contributed by atoms with Crippen LogP contribution in [0.25, 0.3) is 10.9 Å². The van der Waals surface area contributed by atoms with Crippen molar-refractivity contribution in [2.24, 2.45) is 0 Å². The molecule has 0 bridgehead atoms. The quantitative estimate of drug-likeness (QED) is 0.476. The van der Waals surface area contributed by atoms with Gasteiger partial charge in [0.25, 0.3) is 5.56 Å². The van der Waals surface area contributed by atoms with E-state index in [-0.39, 0.29) is 18.6 Å². The number of amides is 1. The Bertz CT molecular complexity index is 1410. The standard InChI is InChI=1S/C24H20ClN3O4/c1-2-27-23(30)18-10-6-7-11-20(18)28(24(27)31)15-22(29)26-19-14-16(25)12-13-21(19)32-17-8-4-3-5-9-17/h3-14H,2,15H2,1H3,(H,26,29). The average molecular weight is 450 g/mol. The number of hydrogen-bond donors (Lipinski definition) is 1. The fourth-order valence-electron chi connectivity index (χ4n) is 3.44. The fourth-order valence-corrected chi connectivity index (χ4v) is 3.61. The summed E-state index contributed by atoms with van der Waals surface area (Å²) in [5.74, 6) is 0.547. The summed E-state index contributed by atoms with van der Waals surface area (Å²) in [6, 6.07) is 20.7. The first kappa shape index (κ1) is 21.4. The van der Waals surface area contributed by atoms with Crippen LogP contribution >= 0.6 is 11.6 Å². The average Bonchev–Trinajstić information content (AvgIpc) is 2.79. The third-order valence-corrected chi connectivity index (χ3v) is 5.17. The van der Waals surface area contributed by atoms with Gasteiger partial charge < -0.3 is 10.1 Å². The van der Waals surface area contributed by atoms with Crippen molar-refractivity contribution in [1.82, 2.24) is 9.13 Å². The molecule has 1 amide bonds. The lowest BCUT2D eigenvalue weighted by Crippen LogP contribution is -2.41. The van der Waals surface area contributed by atoms with Gasteiger partial charge in [0.1, 0.15) is 12.3 Å². The van der Waals surface area contributed by atoms with Crippen molar-refractivity contribution in [3.8, 4) is 11.5 Å². The summed E-state index contributed by atoms with van der Waals surface area (Å²) < 4.78 is 8.27. The van der Waals surface area contributed by atoms with Crippen molar-refractivity contribution in [3.05, 3.63) is 98.7 Å². The van der Waals surface area contributed by atoms with Crippen LogP contribution in [0.15, 0.2) is 82.4 Å². The van der Waals surface area contributed by atoms with Crippen LogP contribution in [0.5, 0.6) is 11.5 Å². The molecule has 0 fully saturated rings. The Labute approximate surface area is 188 Å². The van der Waals surface area contributed by atoms with Crippen LogP contribution in [0, 0.1) is 0 Å². The highest BCUT2D eigenvalue weighted by Gasteiger charge is 2.16. The molecule has 7 nitrogen and oxygen atoms in total. The maximum atomic E-state index is 12.9. The van der Waals surface area contributed by atoms with E-state index in [0.717, 1.165) is 4.57 Å². The highest BCUT2D eigenvalue weighted by Crippen LogP contribution is 2.32. The van der Waals surface area contributed by atoms with Crippen molar-refractivity contribution >= 4 is 34.1 Å². The fraction of sp³-hybridized carbons (Fsp3) is 0.125. The number of anilines is 1. The van der Waals surface area contributed by atoms with Crippen LogP contribution in [-0.2, 0) is 17.9 Å². The Morgan fingerprint density at radius 2 is 1.69 bits per heavy atom. The molecule has 0 aliphatic heterocycles. The Kier molecular flexibility index (Phi) is 6.09. The van der Waals surface area contributed by atoms with Crippen LogP contribution in [0.2, 0.25) is 5.02 Å². The third kappa shape index (κ3) is 4.29. The molecule has 4 aromatic rings. The van der Waals surface area contributed by atoms with Crippen LogP contribution in [0.3, 0.4) is 0 Å². The number of carbonyl (C=O) groups is 1. The molecule has 0 unspecified atom stereocenters. The first-order chi connectivity index (χ1) is 15.5. The number of para-hydroxylation sites is 2. The molecule has 8 heteroatoms.